The minimum absolute atomic E-state index is 0.754. The van der Waals surface area contributed by atoms with Gasteiger partial charge in [-0.15, -0.1) is 0 Å². The van der Waals surface area contributed by atoms with E-state index in [2.05, 4.69) is 165 Å². The molecule has 0 fully saturated rings. The van der Waals surface area contributed by atoms with E-state index in [4.69, 9.17) is 37.9 Å². The summed E-state index contributed by atoms with van der Waals surface area (Å²) in [5.41, 5.74) is 11.3. The maximum atomic E-state index is 5.73. The lowest BCUT2D eigenvalue weighted by Crippen LogP contribution is -2.12. The predicted molar refractivity (Wildman–Crippen MR) is 359 cm³/mol. The van der Waals surface area contributed by atoms with Crippen LogP contribution in [0.4, 0.5) is 68.2 Å². The van der Waals surface area contributed by atoms with E-state index in [-0.39, 0.29) is 0 Å². The molecule has 0 atom stereocenters. The average Bonchev–Trinajstić information content (AvgIpc) is 0.796. The highest BCUT2D eigenvalue weighted by Crippen LogP contribution is 2.52. The molecular formula is C76H64N4O8. The number of nitrogens with zero attached hydrogens (tertiary/aromatic N) is 4. The van der Waals surface area contributed by atoms with Gasteiger partial charge >= 0.3 is 0 Å². The summed E-state index contributed by atoms with van der Waals surface area (Å²) in [7, 11) is 13.5. The molecule has 12 nitrogen and oxygen atoms in total. The number of ether oxygens (including phenoxy) is 8. The van der Waals surface area contributed by atoms with E-state index >= 15 is 0 Å². The zero-order valence-corrected chi connectivity index (χ0v) is 50.1. The van der Waals surface area contributed by atoms with Crippen LogP contribution in [0.3, 0.4) is 0 Å². The van der Waals surface area contributed by atoms with Crippen LogP contribution >= 0.6 is 0 Å². The minimum atomic E-state index is 0.754. The third-order valence-corrected chi connectivity index (χ3v) is 16.3. The van der Waals surface area contributed by atoms with Crippen LogP contribution < -0.4 is 57.5 Å². The Morgan fingerprint density at radius 2 is 0.307 bits per heavy atom. The number of hydrogen-bond acceptors (Lipinski definition) is 12. The van der Waals surface area contributed by atoms with Gasteiger partial charge in [0.2, 0.25) is 0 Å². The second kappa shape index (κ2) is 24.0. The molecule has 13 aromatic carbocycles. The fourth-order valence-corrected chi connectivity index (χ4v) is 12.0. The summed E-state index contributed by atoms with van der Waals surface area (Å²) in [6.45, 7) is 0. The molecule has 0 saturated heterocycles. The van der Waals surface area contributed by atoms with Gasteiger partial charge in [-0.05, 0) is 286 Å². The zero-order valence-electron chi connectivity index (χ0n) is 50.1. The zero-order chi connectivity index (χ0) is 60.4. The maximum absolute atomic E-state index is 5.73. The van der Waals surface area contributed by atoms with Gasteiger partial charge in [-0.25, -0.2) is 0 Å². The van der Waals surface area contributed by atoms with Crippen LogP contribution in [0, 0.1) is 0 Å². The normalized spacial score (nSPS) is 11.2. The highest BCUT2D eigenvalue weighted by Gasteiger charge is 2.26. The Hall–Kier alpha value is -11.2. The Balaban J connectivity index is 1.19. The van der Waals surface area contributed by atoms with Gasteiger partial charge in [0.05, 0.1) is 56.9 Å². The lowest BCUT2D eigenvalue weighted by molar-refractivity contribution is 0.414. The van der Waals surface area contributed by atoms with Crippen molar-refractivity contribution in [2.75, 3.05) is 76.5 Å². The highest BCUT2D eigenvalue weighted by atomic mass is 16.5. The molecule has 0 aromatic heterocycles. The Kier molecular flexibility index (Phi) is 15.3. The van der Waals surface area contributed by atoms with Crippen LogP contribution in [0.2, 0.25) is 0 Å². The molecule has 0 saturated carbocycles. The third-order valence-electron chi connectivity index (χ3n) is 16.3. The van der Waals surface area contributed by atoms with Gasteiger partial charge in [0.15, 0.2) is 0 Å². The van der Waals surface area contributed by atoms with Crippen LogP contribution in [0.25, 0.3) is 43.1 Å². The largest absolute Gasteiger partial charge is 0.497 e. The van der Waals surface area contributed by atoms with Crippen molar-refractivity contribution in [3.05, 3.63) is 243 Å². The first kappa shape index (κ1) is 55.9. The smallest absolute Gasteiger partial charge is 0.119 e. The fraction of sp³-hybridized carbons (Fsp3) is 0.105. The molecule has 0 heterocycles. The second-order valence-corrected chi connectivity index (χ2v) is 21.1. The number of benzene rings is 13. The van der Waals surface area contributed by atoms with Gasteiger partial charge < -0.3 is 57.5 Å². The third kappa shape index (κ3) is 10.5. The lowest BCUT2D eigenvalue weighted by Gasteiger charge is -2.31. The summed E-state index contributed by atoms with van der Waals surface area (Å²) >= 11 is 0. The van der Waals surface area contributed by atoms with E-state index in [0.717, 1.165) is 157 Å². The molecule has 12 heteroatoms. The lowest BCUT2D eigenvalue weighted by atomic mass is 9.87. The molecular weight excluding hydrogens is 1100 g/mol. The van der Waals surface area contributed by atoms with E-state index in [1.807, 2.05) is 97.1 Å². The molecule has 0 bridgehead atoms. The van der Waals surface area contributed by atoms with Crippen molar-refractivity contribution in [2.45, 2.75) is 0 Å². The second-order valence-electron chi connectivity index (χ2n) is 21.1. The Bertz CT molecular complexity index is 3790. The maximum Gasteiger partial charge on any atom is 0.119 e. The van der Waals surface area contributed by atoms with E-state index in [9.17, 15) is 0 Å². The van der Waals surface area contributed by atoms with Crippen molar-refractivity contribution in [1.82, 2.24) is 0 Å². The molecule has 0 amide bonds. The predicted octanol–water partition coefficient (Wildman–Crippen LogP) is 19.7. The van der Waals surface area contributed by atoms with Gasteiger partial charge in [0.1, 0.15) is 46.0 Å². The van der Waals surface area contributed by atoms with E-state index in [1.165, 1.54) is 0 Å². The number of hydrogen-bond donors (Lipinski definition) is 0. The molecule has 0 radical (unpaired) electrons. The van der Waals surface area contributed by atoms with Crippen LogP contribution in [-0.2, 0) is 0 Å². The number of methoxy groups -OCH3 is 8. The van der Waals surface area contributed by atoms with Crippen LogP contribution in [-0.4, -0.2) is 56.9 Å². The average molecular weight is 1160 g/mol. The summed E-state index contributed by atoms with van der Waals surface area (Å²) < 4.78 is 45.9. The van der Waals surface area contributed by atoms with Gasteiger partial charge in [-0.3, -0.25) is 0 Å². The first-order valence-corrected chi connectivity index (χ1v) is 28.8. The van der Waals surface area contributed by atoms with Gasteiger partial charge in [-0.2, -0.15) is 0 Å². The Labute approximate surface area is 511 Å². The van der Waals surface area contributed by atoms with Crippen LogP contribution in [0.15, 0.2) is 243 Å². The summed E-state index contributed by atoms with van der Waals surface area (Å²) in [5.74, 6) is 6.03. The molecule has 0 spiro atoms. The molecule has 13 aromatic rings. The molecule has 0 unspecified atom stereocenters. The van der Waals surface area contributed by atoms with Gasteiger partial charge in [0, 0.05) is 68.2 Å². The van der Waals surface area contributed by atoms with Crippen molar-refractivity contribution in [2.24, 2.45) is 0 Å². The summed E-state index contributed by atoms with van der Waals surface area (Å²) in [6, 6.07) is 84.4. The van der Waals surface area contributed by atoms with Gasteiger partial charge in [0.25, 0.3) is 0 Å². The topological polar surface area (TPSA) is 86.8 Å². The Morgan fingerprint density at radius 1 is 0.170 bits per heavy atom. The Morgan fingerprint density at radius 3 is 0.432 bits per heavy atom. The molecule has 0 aliphatic rings. The molecule has 13 rings (SSSR count). The summed E-state index contributed by atoms with van der Waals surface area (Å²) in [4.78, 5) is 9.20. The van der Waals surface area contributed by atoms with Crippen molar-refractivity contribution in [3.63, 3.8) is 0 Å². The van der Waals surface area contributed by atoms with E-state index < -0.39 is 0 Å². The molecule has 0 aliphatic carbocycles. The SMILES string of the molecule is COc1ccc(N(c2ccc(OC)cc2)c2cc3cc(N(c4ccc(OC)cc4)c4ccc(OC)cc4)cc4c5cc(N(c6ccc(OC)cc6)c6ccc(OC)cc6)cc6cc(N(c7ccc(OC)cc7)c7ccc(OC)cc7)cc(c(c2)c34)c65)cc1. The quantitative estimate of drug-likeness (QED) is 0.0538. The minimum Gasteiger partial charge on any atom is -0.497 e. The number of fused-ring (bicyclic) bond motifs is 2. The summed E-state index contributed by atoms with van der Waals surface area (Å²) in [5, 5.41) is 8.42. The first-order chi connectivity index (χ1) is 43.2. The standard InChI is InChI=1S/C76H64N4O8/c1-81-63-25-9-51(10-26-63)77(52-11-27-64(82-2)28-12-52)59-41-49-42-60(78(53-13-29-65(83-3)30-14-53)54-15-31-66(84-4)32-16-54)47-73-74-48-62(80(57-21-37-69(87-7)38-22-57)58-23-39-70(88-8)40-24-58)44-50-43-61(46-72(76(50)74)71(45-59)75(49)73)79(55-17-33-67(85-5)34-18-55)56-19-35-68(86-6)36-20-56/h9-48H,1-8H3. The van der Waals surface area contributed by atoms with Crippen molar-refractivity contribution < 1.29 is 37.9 Å². The number of anilines is 12. The summed E-state index contributed by atoms with van der Waals surface area (Å²) in [6.07, 6.45) is 0. The van der Waals surface area contributed by atoms with E-state index in [1.54, 1.807) is 56.9 Å². The number of rotatable bonds is 20. The van der Waals surface area contributed by atoms with E-state index in [0.29, 0.717) is 0 Å². The van der Waals surface area contributed by atoms with Gasteiger partial charge in [-0.1, -0.05) is 0 Å². The fourth-order valence-electron chi connectivity index (χ4n) is 12.0. The molecule has 88 heavy (non-hydrogen) atoms. The van der Waals surface area contributed by atoms with Crippen molar-refractivity contribution in [1.29, 1.82) is 0 Å². The van der Waals surface area contributed by atoms with Crippen LogP contribution in [0.1, 0.15) is 0 Å². The highest BCUT2D eigenvalue weighted by molar-refractivity contribution is 6.35. The van der Waals surface area contributed by atoms with Crippen LogP contribution in [0.5, 0.6) is 46.0 Å². The van der Waals surface area contributed by atoms with Crippen molar-refractivity contribution >= 4 is 111 Å². The molecule has 0 aliphatic heterocycles. The molecule has 436 valence electrons. The first-order valence-electron chi connectivity index (χ1n) is 28.8. The molecule has 0 N–H and O–H groups in total. The monoisotopic (exact) mass is 1160 g/mol. The van der Waals surface area contributed by atoms with Crippen molar-refractivity contribution in [3.8, 4) is 46.0 Å².